The van der Waals surface area contributed by atoms with Crippen LogP contribution in [-0.4, -0.2) is 18.1 Å². The van der Waals surface area contributed by atoms with Gasteiger partial charge in [-0.05, 0) is 31.2 Å². The second-order valence-electron chi connectivity index (χ2n) is 3.29. The molecule has 14 heavy (non-hydrogen) atoms. The van der Waals surface area contributed by atoms with Gasteiger partial charge < -0.3 is 9.80 Å². The minimum atomic E-state index is -0.190. The monoisotopic (exact) mass is 192 g/mol. The third-order valence-corrected chi connectivity index (χ3v) is 2.36. The number of anilines is 1. The normalized spacial score (nSPS) is 15.3. The molecule has 0 bridgehead atoms. The van der Waals surface area contributed by atoms with Crippen molar-refractivity contribution in [3.8, 4) is 0 Å². The maximum Gasteiger partial charge on any atom is 0.123 e. The lowest BCUT2D eigenvalue weighted by atomic mass is 10.3. The van der Waals surface area contributed by atoms with Gasteiger partial charge in [-0.3, -0.25) is 0 Å². The molecule has 0 spiro atoms. The number of hydrogen-bond donors (Lipinski definition) is 0. The SMILES string of the molecule is CCN1C=CN(c2ccc(F)cc2)C1. The molecule has 1 aromatic rings. The van der Waals surface area contributed by atoms with E-state index in [-0.39, 0.29) is 5.82 Å². The molecule has 3 heteroatoms. The first-order valence-corrected chi connectivity index (χ1v) is 4.74. The van der Waals surface area contributed by atoms with Crippen molar-refractivity contribution < 1.29 is 4.39 Å². The zero-order valence-electron chi connectivity index (χ0n) is 8.15. The van der Waals surface area contributed by atoms with Gasteiger partial charge in [-0.2, -0.15) is 0 Å². The number of halogens is 1. The summed E-state index contributed by atoms with van der Waals surface area (Å²) in [6, 6.07) is 6.55. The first-order chi connectivity index (χ1) is 6.79. The van der Waals surface area contributed by atoms with Gasteiger partial charge in [0.05, 0.1) is 6.67 Å². The van der Waals surface area contributed by atoms with Crippen molar-refractivity contribution in [1.82, 2.24) is 4.90 Å². The van der Waals surface area contributed by atoms with Gasteiger partial charge in [-0.25, -0.2) is 4.39 Å². The van der Waals surface area contributed by atoms with E-state index >= 15 is 0 Å². The van der Waals surface area contributed by atoms with Crippen LogP contribution in [0.4, 0.5) is 10.1 Å². The molecule has 0 saturated carbocycles. The molecule has 0 saturated heterocycles. The molecule has 0 atom stereocenters. The van der Waals surface area contributed by atoms with Crippen LogP contribution in [-0.2, 0) is 0 Å². The minimum Gasteiger partial charge on any atom is -0.359 e. The van der Waals surface area contributed by atoms with Gasteiger partial charge >= 0.3 is 0 Å². The van der Waals surface area contributed by atoms with Gasteiger partial charge in [-0.1, -0.05) is 0 Å². The van der Waals surface area contributed by atoms with Crippen LogP contribution in [0, 0.1) is 5.82 Å². The Morgan fingerprint density at radius 2 is 1.93 bits per heavy atom. The average Bonchev–Trinajstić information content (AvgIpc) is 2.67. The van der Waals surface area contributed by atoms with Gasteiger partial charge in [0.2, 0.25) is 0 Å². The highest BCUT2D eigenvalue weighted by atomic mass is 19.1. The standard InChI is InChI=1S/C11H13FN2/c1-2-13-7-8-14(9-13)11-5-3-10(12)4-6-11/h3-8H,2,9H2,1H3. The zero-order chi connectivity index (χ0) is 9.97. The summed E-state index contributed by atoms with van der Waals surface area (Å²) >= 11 is 0. The quantitative estimate of drug-likeness (QED) is 0.710. The summed E-state index contributed by atoms with van der Waals surface area (Å²) in [7, 11) is 0. The third-order valence-electron chi connectivity index (χ3n) is 2.36. The first kappa shape index (κ1) is 9.06. The maximum absolute atomic E-state index is 12.7. The van der Waals surface area contributed by atoms with Crippen LogP contribution in [0.25, 0.3) is 0 Å². The molecule has 0 unspecified atom stereocenters. The van der Waals surface area contributed by atoms with Crippen LogP contribution in [0.15, 0.2) is 36.7 Å². The summed E-state index contributed by atoms with van der Waals surface area (Å²) in [6.45, 7) is 3.95. The van der Waals surface area contributed by atoms with Crippen LogP contribution in [0.1, 0.15) is 6.92 Å². The smallest absolute Gasteiger partial charge is 0.123 e. The van der Waals surface area contributed by atoms with E-state index in [1.807, 2.05) is 12.4 Å². The molecular formula is C11H13FN2. The molecule has 2 nitrogen and oxygen atoms in total. The molecule has 1 aromatic carbocycles. The molecule has 1 aliphatic heterocycles. The summed E-state index contributed by atoms with van der Waals surface area (Å²) in [5.74, 6) is -0.190. The molecule has 2 rings (SSSR count). The Morgan fingerprint density at radius 3 is 2.50 bits per heavy atom. The third kappa shape index (κ3) is 1.71. The highest BCUT2D eigenvalue weighted by Crippen LogP contribution is 2.18. The molecular weight excluding hydrogens is 179 g/mol. The summed E-state index contributed by atoms with van der Waals surface area (Å²) < 4.78 is 12.7. The van der Waals surface area contributed by atoms with Crippen LogP contribution in [0.5, 0.6) is 0 Å². The second-order valence-corrected chi connectivity index (χ2v) is 3.29. The van der Waals surface area contributed by atoms with Crippen molar-refractivity contribution in [3.63, 3.8) is 0 Å². The molecule has 0 aliphatic carbocycles. The van der Waals surface area contributed by atoms with Gasteiger partial charge in [0.15, 0.2) is 0 Å². The summed E-state index contributed by atoms with van der Waals surface area (Å²) in [5, 5.41) is 0. The predicted molar refractivity (Wildman–Crippen MR) is 55.3 cm³/mol. The summed E-state index contributed by atoms with van der Waals surface area (Å²) in [5.41, 5.74) is 1.03. The Labute approximate surface area is 83.2 Å². The van der Waals surface area contributed by atoms with Crippen LogP contribution in [0.3, 0.4) is 0 Å². The lowest BCUT2D eigenvalue weighted by Crippen LogP contribution is -2.24. The van der Waals surface area contributed by atoms with E-state index in [1.165, 1.54) is 12.1 Å². The largest absolute Gasteiger partial charge is 0.359 e. The Balaban J connectivity index is 2.11. The Hall–Kier alpha value is -1.51. The van der Waals surface area contributed by atoms with E-state index in [0.717, 1.165) is 18.9 Å². The molecule has 0 radical (unpaired) electrons. The lowest BCUT2D eigenvalue weighted by molar-refractivity contribution is 0.429. The van der Waals surface area contributed by atoms with Crippen molar-refractivity contribution in [3.05, 3.63) is 42.5 Å². The molecule has 1 heterocycles. The Bertz CT molecular complexity index is 332. The van der Waals surface area contributed by atoms with Gasteiger partial charge in [0.25, 0.3) is 0 Å². The summed E-state index contributed by atoms with van der Waals surface area (Å²) in [4.78, 5) is 4.27. The highest BCUT2D eigenvalue weighted by molar-refractivity contribution is 5.50. The second kappa shape index (κ2) is 3.70. The predicted octanol–water partition coefficient (Wildman–Crippen LogP) is 2.40. The first-order valence-electron chi connectivity index (χ1n) is 4.74. The van der Waals surface area contributed by atoms with Crippen molar-refractivity contribution in [1.29, 1.82) is 0 Å². The molecule has 0 aromatic heterocycles. The van der Waals surface area contributed by atoms with Crippen molar-refractivity contribution in [2.24, 2.45) is 0 Å². The van der Waals surface area contributed by atoms with Crippen LogP contribution < -0.4 is 4.90 Å². The van der Waals surface area contributed by atoms with Crippen molar-refractivity contribution in [2.45, 2.75) is 6.92 Å². The molecule has 1 aliphatic rings. The van der Waals surface area contributed by atoms with E-state index in [2.05, 4.69) is 16.7 Å². The molecule has 0 N–H and O–H groups in total. The molecule has 74 valence electrons. The van der Waals surface area contributed by atoms with Crippen LogP contribution >= 0.6 is 0 Å². The van der Waals surface area contributed by atoms with E-state index in [0.29, 0.717) is 0 Å². The van der Waals surface area contributed by atoms with Crippen LogP contribution in [0.2, 0.25) is 0 Å². The van der Waals surface area contributed by atoms with Crippen molar-refractivity contribution in [2.75, 3.05) is 18.1 Å². The fourth-order valence-electron chi connectivity index (χ4n) is 1.47. The lowest BCUT2D eigenvalue weighted by Gasteiger charge is -2.19. The van der Waals surface area contributed by atoms with E-state index in [1.54, 1.807) is 12.1 Å². The fraction of sp³-hybridized carbons (Fsp3) is 0.273. The van der Waals surface area contributed by atoms with E-state index < -0.39 is 0 Å². The topological polar surface area (TPSA) is 6.48 Å². The number of benzene rings is 1. The zero-order valence-corrected chi connectivity index (χ0v) is 8.15. The number of rotatable bonds is 2. The van der Waals surface area contributed by atoms with Crippen molar-refractivity contribution >= 4 is 5.69 Å². The van der Waals surface area contributed by atoms with Gasteiger partial charge in [0.1, 0.15) is 5.82 Å². The average molecular weight is 192 g/mol. The maximum atomic E-state index is 12.7. The number of hydrogen-bond acceptors (Lipinski definition) is 2. The fourth-order valence-corrected chi connectivity index (χ4v) is 1.47. The highest BCUT2D eigenvalue weighted by Gasteiger charge is 2.11. The van der Waals surface area contributed by atoms with E-state index in [4.69, 9.17) is 0 Å². The summed E-state index contributed by atoms with van der Waals surface area (Å²) in [6.07, 6.45) is 4.06. The molecule has 0 fully saturated rings. The molecule has 0 amide bonds. The Morgan fingerprint density at radius 1 is 1.21 bits per heavy atom. The minimum absolute atomic E-state index is 0.190. The van der Waals surface area contributed by atoms with Gasteiger partial charge in [0, 0.05) is 24.6 Å². The number of nitrogens with zero attached hydrogens (tertiary/aromatic N) is 2. The van der Waals surface area contributed by atoms with E-state index in [9.17, 15) is 4.39 Å². The Kier molecular flexibility index (Phi) is 2.39. The van der Waals surface area contributed by atoms with Gasteiger partial charge in [-0.15, -0.1) is 0 Å².